The number of para-hydroxylation sites is 1. The second kappa shape index (κ2) is 13.6. The minimum Gasteiger partial charge on any atom is -0.299 e. The number of aromatic nitrogens is 3. The lowest BCUT2D eigenvalue weighted by atomic mass is 9.67. The predicted molar refractivity (Wildman–Crippen MR) is 247 cm³/mol. The van der Waals surface area contributed by atoms with E-state index in [1.807, 2.05) is 12.1 Å². The van der Waals surface area contributed by atoms with Crippen molar-refractivity contribution >= 4 is 27.3 Å². The van der Waals surface area contributed by atoms with Gasteiger partial charge in [0.25, 0.3) is 0 Å². The normalized spacial score (nSPS) is 12.8. The Hall–Kier alpha value is -7.88. The van der Waals surface area contributed by atoms with Gasteiger partial charge in [0.15, 0.2) is 0 Å². The average molecular weight is 764 g/mol. The van der Waals surface area contributed by atoms with Crippen molar-refractivity contribution in [1.29, 1.82) is 0 Å². The molecule has 8 aromatic carbocycles. The zero-order valence-corrected chi connectivity index (χ0v) is 32.7. The fraction of sp³-hybridized carbons (Fsp3) is 0.0175. The molecule has 3 heteroatoms. The zero-order chi connectivity index (χ0) is 39.6. The molecule has 0 bridgehead atoms. The van der Waals surface area contributed by atoms with Crippen molar-refractivity contribution < 1.29 is 0 Å². The van der Waals surface area contributed by atoms with Gasteiger partial charge in [-0.05, 0) is 80.2 Å². The van der Waals surface area contributed by atoms with Gasteiger partial charge in [-0.1, -0.05) is 188 Å². The first-order valence-electron chi connectivity index (χ1n) is 20.6. The number of nitrogens with zero attached hydrogens (tertiary/aromatic N) is 3. The Morgan fingerprint density at radius 3 is 1.63 bits per heavy atom. The molecule has 0 radical (unpaired) electrons. The summed E-state index contributed by atoms with van der Waals surface area (Å²) in [5, 5.41) is 3.52. The van der Waals surface area contributed by atoms with E-state index in [9.17, 15) is 0 Å². The van der Waals surface area contributed by atoms with Gasteiger partial charge in [-0.25, -0.2) is 9.97 Å². The van der Waals surface area contributed by atoms with Crippen LogP contribution in [0.2, 0.25) is 0 Å². The van der Waals surface area contributed by atoms with Crippen LogP contribution in [-0.4, -0.2) is 14.4 Å². The van der Waals surface area contributed by atoms with Crippen molar-refractivity contribution in [2.75, 3.05) is 0 Å². The number of pyridine rings is 2. The van der Waals surface area contributed by atoms with Gasteiger partial charge in [-0.3, -0.25) is 4.40 Å². The lowest BCUT2D eigenvalue weighted by Crippen LogP contribution is -2.28. The lowest BCUT2D eigenvalue weighted by molar-refractivity contribution is 0.769. The minimum atomic E-state index is -0.474. The van der Waals surface area contributed by atoms with E-state index in [1.54, 1.807) is 0 Å². The van der Waals surface area contributed by atoms with E-state index in [4.69, 9.17) is 9.97 Å². The van der Waals surface area contributed by atoms with Crippen molar-refractivity contribution in [3.8, 4) is 56.0 Å². The topological polar surface area (TPSA) is 30.2 Å². The second-order valence-corrected chi connectivity index (χ2v) is 15.7. The molecular formula is C57H37N3. The molecule has 0 spiro atoms. The van der Waals surface area contributed by atoms with E-state index in [0.717, 1.165) is 66.8 Å². The van der Waals surface area contributed by atoms with Crippen molar-refractivity contribution in [2.45, 2.75) is 5.41 Å². The van der Waals surface area contributed by atoms with Gasteiger partial charge in [-0.2, -0.15) is 0 Å². The Morgan fingerprint density at radius 2 is 0.917 bits per heavy atom. The maximum absolute atomic E-state index is 5.40. The van der Waals surface area contributed by atoms with Gasteiger partial charge < -0.3 is 0 Å². The van der Waals surface area contributed by atoms with Crippen LogP contribution in [-0.2, 0) is 5.41 Å². The number of hydrogen-bond donors (Lipinski definition) is 0. The first-order valence-corrected chi connectivity index (χ1v) is 20.6. The molecule has 0 atom stereocenters. The first kappa shape index (κ1) is 34.2. The van der Waals surface area contributed by atoms with E-state index >= 15 is 0 Å². The standard InChI is InChI=1S/C57H37N3/c1-4-16-40(17-5-1)55-56(60-35-15-14-26-53(60)59-55)42-33-29-39(30-34-42)38-27-31-41(32-28-38)54-49-36-48-45-22-10-12-24-50(45)57(43-18-6-2-7-19-43,44-20-8-3-9-21-44)51(48)37-47(49)46-23-11-13-25-52(46)58-54/h1-37H. The van der Waals surface area contributed by atoms with E-state index in [-0.39, 0.29) is 0 Å². The number of rotatable bonds is 6. The van der Waals surface area contributed by atoms with Crippen molar-refractivity contribution in [2.24, 2.45) is 0 Å². The van der Waals surface area contributed by atoms with Crippen LogP contribution in [0.25, 0.3) is 83.3 Å². The molecule has 0 fully saturated rings. The maximum atomic E-state index is 5.40. The van der Waals surface area contributed by atoms with Crippen LogP contribution >= 0.6 is 0 Å². The Labute approximate surface area is 348 Å². The van der Waals surface area contributed by atoms with Crippen LogP contribution in [0.15, 0.2) is 225 Å². The lowest BCUT2D eigenvalue weighted by Gasteiger charge is -2.34. The van der Waals surface area contributed by atoms with Crippen LogP contribution in [0.3, 0.4) is 0 Å². The molecule has 1 aliphatic carbocycles. The average Bonchev–Trinajstić information content (AvgIpc) is 3.86. The zero-order valence-electron chi connectivity index (χ0n) is 32.7. The molecule has 280 valence electrons. The first-order chi connectivity index (χ1) is 29.8. The molecule has 12 rings (SSSR count). The third-order valence-electron chi connectivity index (χ3n) is 12.5. The van der Waals surface area contributed by atoms with E-state index < -0.39 is 5.41 Å². The smallest absolute Gasteiger partial charge is 0.137 e. The molecule has 11 aromatic rings. The third-order valence-corrected chi connectivity index (χ3v) is 12.5. The molecule has 60 heavy (non-hydrogen) atoms. The van der Waals surface area contributed by atoms with Gasteiger partial charge in [0.05, 0.1) is 28.0 Å². The summed E-state index contributed by atoms with van der Waals surface area (Å²) in [7, 11) is 0. The Morgan fingerprint density at radius 1 is 0.350 bits per heavy atom. The molecule has 3 nitrogen and oxygen atoms in total. The minimum absolute atomic E-state index is 0.474. The summed E-state index contributed by atoms with van der Waals surface area (Å²) in [5.74, 6) is 0. The van der Waals surface area contributed by atoms with Crippen molar-refractivity contribution in [3.05, 3.63) is 247 Å². The molecule has 0 aliphatic heterocycles. The van der Waals surface area contributed by atoms with Gasteiger partial charge in [0.1, 0.15) is 5.65 Å². The van der Waals surface area contributed by atoms with Gasteiger partial charge >= 0.3 is 0 Å². The maximum Gasteiger partial charge on any atom is 0.137 e. The molecule has 3 aromatic heterocycles. The number of benzene rings is 8. The Balaban J connectivity index is 0.993. The third kappa shape index (κ3) is 5.16. The van der Waals surface area contributed by atoms with E-state index in [1.165, 1.54) is 38.8 Å². The number of hydrogen-bond acceptors (Lipinski definition) is 2. The van der Waals surface area contributed by atoms with Crippen LogP contribution < -0.4 is 0 Å². The number of fused-ring (bicyclic) bond motifs is 7. The SMILES string of the molecule is c1ccc(-c2nc3ccccn3c2-c2ccc(-c3ccc(-c4nc5ccccc5c5cc6c(cc45)-c4ccccc4C6(c4ccccc4)c4ccccc4)cc3)cc2)cc1. The fourth-order valence-electron chi connectivity index (χ4n) is 9.82. The fourth-order valence-corrected chi connectivity index (χ4v) is 9.82. The van der Waals surface area contributed by atoms with Crippen LogP contribution in [0.4, 0.5) is 0 Å². The van der Waals surface area contributed by atoms with Crippen LogP contribution in [0.5, 0.6) is 0 Å². The van der Waals surface area contributed by atoms with Crippen molar-refractivity contribution in [1.82, 2.24) is 14.4 Å². The Kier molecular flexibility index (Phi) is 7.76. The highest BCUT2D eigenvalue weighted by Crippen LogP contribution is 2.57. The van der Waals surface area contributed by atoms with Gasteiger partial charge in [-0.15, -0.1) is 0 Å². The number of imidazole rings is 1. The van der Waals surface area contributed by atoms with E-state index in [0.29, 0.717) is 0 Å². The second-order valence-electron chi connectivity index (χ2n) is 15.7. The largest absolute Gasteiger partial charge is 0.299 e. The van der Waals surface area contributed by atoms with Crippen LogP contribution in [0.1, 0.15) is 22.3 Å². The summed E-state index contributed by atoms with van der Waals surface area (Å²) in [6.45, 7) is 0. The Bertz CT molecular complexity index is 3350. The highest BCUT2D eigenvalue weighted by molar-refractivity contribution is 6.13. The summed E-state index contributed by atoms with van der Waals surface area (Å²) in [6, 6.07) is 78.9. The molecule has 3 heterocycles. The molecule has 0 amide bonds. The molecule has 0 N–H and O–H groups in total. The highest BCUT2D eigenvalue weighted by atomic mass is 15.0. The molecule has 0 saturated carbocycles. The van der Waals surface area contributed by atoms with E-state index in [2.05, 4.69) is 217 Å². The molecule has 1 aliphatic rings. The molecular weight excluding hydrogens is 727 g/mol. The van der Waals surface area contributed by atoms with Gasteiger partial charge in [0, 0.05) is 33.7 Å². The highest BCUT2D eigenvalue weighted by Gasteiger charge is 2.46. The predicted octanol–water partition coefficient (Wildman–Crippen LogP) is 14.1. The summed E-state index contributed by atoms with van der Waals surface area (Å²) < 4.78 is 2.18. The van der Waals surface area contributed by atoms with Crippen molar-refractivity contribution in [3.63, 3.8) is 0 Å². The quantitative estimate of drug-likeness (QED) is 0.158. The summed E-state index contributed by atoms with van der Waals surface area (Å²) in [4.78, 5) is 10.4. The summed E-state index contributed by atoms with van der Waals surface area (Å²) in [6.07, 6.45) is 2.09. The summed E-state index contributed by atoms with van der Waals surface area (Å²) in [5.41, 5.74) is 17.8. The van der Waals surface area contributed by atoms with Crippen LogP contribution in [0, 0.1) is 0 Å². The monoisotopic (exact) mass is 763 g/mol. The van der Waals surface area contributed by atoms with Gasteiger partial charge in [0.2, 0.25) is 0 Å². The molecule has 0 unspecified atom stereocenters. The summed E-state index contributed by atoms with van der Waals surface area (Å²) >= 11 is 0. The molecule has 0 saturated heterocycles.